The lowest BCUT2D eigenvalue weighted by Crippen LogP contribution is -2.09. The number of phenolic OH excluding ortho intramolecular Hbond substituents is 1. The molecule has 0 aromatic heterocycles. The first-order valence-electron chi connectivity index (χ1n) is 3.99. The number of benzene rings is 1. The van der Waals surface area contributed by atoms with E-state index in [1.54, 1.807) is 0 Å². The van der Waals surface area contributed by atoms with Crippen LogP contribution in [-0.2, 0) is 0 Å². The summed E-state index contributed by atoms with van der Waals surface area (Å²) in [6.07, 6.45) is 0.914. The molecule has 0 bridgehead atoms. The van der Waals surface area contributed by atoms with E-state index in [0.717, 1.165) is 19.1 Å². The Labute approximate surface area is 105 Å². The van der Waals surface area contributed by atoms with Crippen LogP contribution in [0.1, 0.15) is 24.9 Å². The minimum Gasteiger partial charge on any atom is -0.506 e. The van der Waals surface area contributed by atoms with Crippen molar-refractivity contribution in [2.75, 3.05) is 0 Å². The summed E-state index contributed by atoms with van der Waals surface area (Å²) in [5.41, 5.74) is 6.99. The van der Waals surface area contributed by atoms with Crippen molar-refractivity contribution in [3.8, 4) is 5.75 Å². The van der Waals surface area contributed by atoms with Crippen LogP contribution < -0.4 is 5.73 Å². The quantitative estimate of drug-likeness (QED) is 0.747. The molecule has 2 nitrogen and oxygen atoms in total. The highest BCUT2D eigenvalue weighted by atomic mass is 127. The maximum atomic E-state index is 9.53. The van der Waals surface area contributed by atoms with Crippen LogP contribution in [0, 0.1) is 7.14 Å². The van der Waals surface area contributed by atoms with E-state index in [4.69, 9.17) is 5.73 Å². The van der Waals surface area contributed by atoms with Crippen LogP contribution in [0.5, 0.6) is 5.75 Å². The number of rotatable bonds is 2. The first-order chi connectivity index (χ1) is 6.06. The molecule has 1 aromatic carbocycles. The third kappa shape index (κ3) is 2.69. The third-order valence-corrected chi connectivity index (χ3v) is 3.55. The summed E-state index contributed by atoms with van der Waals surface area (Å²) in [6.45, 7) is 2.05. The van der Waals surface area contributed by atoms with Crippen molar-refractivity contribution in [3.63, 3.8) is 0 Å². The van der Waals surface area contributed by atoms with Crippen LogP contribution in [0.25, 0.3) is 0 Å². The van der Waals surface area contributed by atoms with Gasteiger partial charge in [0.1, 0.15) is 5.75 Å². The molecule has 3 N–H and O–H groups in total. The first-order valence-corrected chi connectivity index (χ1v) is 6.15. The second-order valence-corrected chi connectivity index (χ2v) is 5.17. The molecule has 72 valence electrons. The van der Waals surface area contributed by atoms with E-state index in [1.165, 1.54) is 0 Å². The lowest BCUT2D eigenvalue weighted by Gasteiger charge is -2.11. The SMILES string of the molecule is CCC(N)c1cc(I)c(O)c(I)c1. The van der Waals surface area contributed by atoms with Gasteiger partial charge in [0.25, 0.3) is 0 Å². The van der Waals surface area contributed by atoms with E-state index in [-0.39, 0.29) is 6.04 Å². The van der Waals surface area contributed by atoms with E-state index in [1.807, 2.05) is 12.1 Å². The van der Waals surface area contributed by atoms with Crippen LogP contribution in [0.15, 0.2) is 12.1 Å². The number of halogens is 2. The maximum Gasteiger partial charge on any atom is 0.142 e. The molecule has 0 aliphatic carbocycles. The van der Waals surface area contributed by atoms with Gasteiger partial charge in [-0.25, -0.2) is 0 Å². The molecule has 0 saturated heterocycles. The summed E-state index contributed by atoms with van der Waals surface area (Å²) in [5, 5.41) is 9.53. The lowest BCUT2D eigenvalue weighted by atomic mass is 10.1. The van der Waals surface area contributed by atoms with Gasteiger partial charge in [0.05, 0.1) is 7.14 Å². The van der Waals surface area contributed by atoms with Gasteiger partial charge < -0.3 is 10.8 Å². The number of hydrogen-bond acceptors (Lipinski definition) is 2. The highest BCUT2D eigenvalue weighted by molar-refractivity contribution is 14.1. The van der Waals surface area contributed by atoms with E-state index >= 15 is 0 Å². The molecule has 1 rings (SSSR count). The predicted molar refractivity (Wildman–Crippen MR) is 70.8 cm³/mol. The number of hydrogen-bond donors (Lipinski definition) is 2. The zero-order chi connectivity index (χ0) is 10.0. The average molecular weight is 403 g/mol. The fourth-order valence-corrected chi connectivity index (χ4v) is 2.85. The van der Waals surface area contributed by atoms with Gasteiger partial charge in [-0.3, -0.25) is 0 Å². The topological polar surface area (TPSA) is 46.2 Å². The molecule has 1 aromatic rings. The van der Waals surface area contributed by atoms with E-state index in [0.29, 0.717) is 5.75 Å². The molecule has 4 heteroatoms. The maximum absolute atomic E-state index is 9.53. The molecule has 0 fully saturated rings. The van der Waals surface area contributed by atoms with Gasteiger partial charge in [-0.1, -0.05) is 6.92 Å². The monoisotopic (exact) mass is 403 g/mol. The van der Waals surface area contributed by atoms with Crippen molar-refractivity contribution in [2.45, 2.75) is 19.4 Å². The van der Waals surface area contributed by atoms with Crippen LogP contribution >= 0.6 is 45.2 Å². The number of aromatic hydroxyl groups is 1. The smallest absolute Gasteiger partial charge is 0.142 e. The predicted octanol–water partition coefficient (Wildman–Crippen LogP) is 3.01. The molecular weight excluding hydrogens is 392 g/mol. The standard InChI is InChI=1S/C9H11I2NO/c1-2-8(12)5-3-6(10)9(13)7(11)4-5/h3-4,8,13H,2,12H2,1H3. The van der Waals surface area contributed by atoms with Crippen molar-refractivity contribution in [1.29, 1.82) is 0 Å². The summed E-state index contributed by atoms with van der Waals surface area (Å²) in [5.74, 6) is 0.355. The minimum absolute atomic E-state index is 0.0719. The molecule has 13 heavy (non-hydrogen) atoms. The number of phenols is 1. The fourth-order valence-electron chi connectivity index (χ4n) is 1.03. The van der Waals surface area contributed by atoms with Gasteiger partial charge in [-0.2, -0.15) is 0 Å². The molecular formula is C9H11I2NO. The second kappa shape index (κ2) is 4.79. The Morgan fingerprint density at radius 3 is 2.23 bits per heavy atom. The highest BCUT2D eigenvalue weighted by Gasteiger charge is 2.09. The molecule has 0 aliphatic heterocycles. The largest absolute Gasteiger partial charge is 0.506 e. The minimum atomic E-state index is 0.0719. The summed E-state index contributed by atoms with van der Waals surface area (Å²) in [4.78, 5) is 0. The Balaban J connectivity index is 3.13. The number of nitrogens with two attached hydrogens (primary N) is 1. The van der Waals surface area contributed by atoms with Gasteiger partial charge >= 0.3 is 0 Å². The highest BCUT2D eigenvalue weighted by Crippen LogP contribution is 2.29. The second-order valence-electron chi connectivity index (χ2n) is 2.85. The molecule has 0 radical (unpaired) electrons. The van der Waals surface area contributed by atoms with E-state index < -0.39 is 0 Å². The zero-order valence-electron chi connectivity index (χ0n) is 7.22. The van der Waals surface area contributed by atoms with Crippen molar-refractivity contribution in [2.24, 2.45) is 5.73 Å². The summed E-state index contributed by atoms with van der Waals surface area (Å²) >= 11 is 4.23. The van der Waals surface area contributed by atoms with E-state index in [2.05, 4.69) is 52.1 Å². The van der Waals surface area contributed by atoms with Crippen molar-refractivity contribution < 1.29 is 5.11 Å². The molecule has 0 amide bonds. The van der Waals surface area contributed by atoms with Crippen LogP contribution in [0.3, 0.4) is 0 Å². The Kier molecular flexibility index (Phi) is 4.24. The first kappa shape index (κ1) is 11.5. The summed E-state index contributed by atoms with van der Waals surface area (Å²) in [7, 11) is 0. The zero-order valence-corrected chi connectivity index (χ0v) is 11.5. The summed E-state index contributed by atoms with van der Waals surface area (Å²) in [6, 6.07) is 3.95. The average Bonchev–Trinajstić information content (AvgIpc) is 2.12. The fraction of sp³-hybridized carbons (Fsp3) is 0.333. The van der Waals surface area contributed by atoms with E-state index in [9.17, 15) is 5.11 Å². The van der Waals surface area contributed by atoms with Crippen LogP contribution in [0.4, 0.5) is 0 Å². The van der Waals surface area contributed by atoms with Gasteiger partial charge in [0, 0.05) is 6.04 Å². The molecule has 1 unspecified atom stereocenters. The summed E-state index contributed by atoms with van der Waals surface area (Å²) < 4.78 is 1.73. The molecule has 1 atom stereocenters. The van der Waals surface area contributed by atoms with Gasteiger partial charge in [0.2, 0.25) is 0 Å². The Bertz CT molecular complexity index is 291. The van der Waals surface area contributed by atoms with Crippen molar-refractivity contribution in [1.82, 2.24) is 0 Å². The lowest BCUT2D eigenvalue weighted by molar-refractivity contribution is 0.467. The molecule has 0 spiro atoms. The van der Waals surface area contributed by atoms with Crippen LogP contribution in [0.2, 0.25) is 0 Å². The van der Waals surface area contributed by atoms with Gasteiger partial charge in [-0.15, -0.1) is 0 Å². The Morgan fingerprint density at radius 2 is 1.85 bits per heavy atom. The molecule has 0 saturated carbocycles. The van der Waals surface area contributed by atoms with Crippen LogP contribution in [-0.4, -0.2) is 5.11 Å². The van der Waals surface area contributed by atoms with Gasteiger partial charge in [-0.05, 0) is 69.3 Å². The molecule has 0 aliphatic rings. The van der Waals surface area contributed by atoms with Gasteiger partial charge in [0.15, 0.2) is 0 Å². The van der Waals surface area contributed by atoms with Crippen molar-refractivity contribution in [3.05, 3.63) is 24.8 Å². The van der Waals surface area contributed by atoms with Crippen molar-refractivity contribution >= 4 is 45.2 Å². The normalized spacial score (nSPS) is 12.9. The Morgan fingerprint density at radius 1 is 1.38 bits per heavy atom. The Hall–Kier alpha value is 0.440. The molecule has 0 heterocycles. The third-order valence-electron chi connectivity index (χ3n) is 1.91.